The molecule has 132 valence electrons. The van der Waals surface area contributed by atoms with Gasteiger partial charge in [-0.25, -0.2) is 4.39 Å². The van der Waals surface area contributed by atoms with Crippen LogP contribution in [-0.2, 0) is 13.0 Å². The third kappa shape index (κ3) is 3.12. The molecular weight excluding hydrogens is 347 g/mol. The fourth-order valence-corrected chi connectivity index (χ4v) is 3.03. The second-order valence-corrected chi connectivity index (χ2v) is 6.60. The van der Waals surface area contributed by atoms with Crippen LogP contribution in [0.2, 0.25) is 5.02 Å². The van der Waals surface area contributed by atoms with Crippen molar-refractivity contribution in [1.29, 1.82) is 0 Å². The van der Waals surface area contributed by atoms with E-state index < -0.39 is 11.4 Å². The second kappa shape index (κ2) is 6.50. The van der Waals surface area contributed by atoms with E-state index in [0.29, 0.717) is 17.9 Å². The van der Waals surface area contributed by atoms with Crippen molar-refractivity contribution in [3.05, 3.63) is 61.8 Å². The van der Waals surface area contributed by atoms with Crippen LogP contribution in [-0.4, -0.2) is 38.7 Å². The molecule has 0 radical (unpaired) electrons. The third-order valence-electron chi connectivity index (χ3n) is 4.05. The minimum Gasteiger partial charge on any atom is -0.493 e. The normalized spacial score (nSPS) is 11.6. The van der Waals surface area contributed by atoms with Gasteiger partial charge in [0, 0.05) is 29.1 Å². The molecule has 3 aromatic rings. The van der Waals surface area contributed by atoms with Gasteiger partial charge in [-0.2, -0.15) is 9.61 Å². The summed E-state index contributed by atoms with van der Waals surface area (Å²) < 4.78 is 15.3. The molecule has 6 nitrogen and oxygen atoms in total. The Labute approximate surface area is 148 Å². The van der Waals surface area contributed by atoms with E-state index >= 15 is 0 Å². The summed E-state index contributed by atoms with van der Waals surface area (Å²) in [6.07, 6.45) is -0.134. The van der Waals surface area contributed by atoms with Gasteiger partial charge in [-0.3, -0.25) is 4.79 Å². The average Bonchev–Trinajstić information content (AvgIpc) is 2.82. The van der Waals surface area contributed by atoms with E-state index in [9.17, 15) is 14.3 Å². The van der Waals surface area contributed by atoms with Gasteiger partial charge in [0.25, 0.3) is 5.56 Å². The van der Waals surface area contributed by atoms with Crippen molar-refractivity contribution in [2.24, 2.45) is 0 Å². The summed E-state index contributed by atoms with van der Waals surface area (Å²) in [6, 6.07) is 4.29. The van der Waals surface area contributed by atoms with E-state index in [0.717, 1.165) is 5.56 Å². The lowest BCUT2D eigenvalue weighted by atomic mass is 10.1. The summed E-state index contributed by atoms with van der Waals surface area (Å²) in [6.45, 7) is 2.36. The van der Waals surface area contributed by atoms with Gasteiger partial charge in [0.15, 0.2) is 0 Å². The Bertz CT molecular complexity index is 990. The first kappa shape index (κ1) is 17.4. The Balaban J connectivity index is 2.17. The highest BCUT2D eigenvalue weighted by molar-refractivity contribution is 6.31. The average molecular weight is 365 g/mol. The SMILES string of the molecule is Cc1nn2c(O)c(Cc3c(F)cccc3Cl)c(=O)[nH]c2c1CN(C)C. The van der Waals surface area contributed by atoms with Crippen LogP contribution in [0.15, 0.2) is 23.0 Å². The van der Waals surface area contributed by atoms with Gasteiger partial charge >= 0.3 is 0 Å². The van der Waals surface area contributed by atoms with Gasteiger partial charge in [0.05, 0.1) is 11.3 Å². The molecule has 0 atom stereocenters. The van der Waals surface area contributed by atoms with Crippen molar-refractivity contribution in [1.82, 2.24) is 19.5 Å². The van der Waals surface area contributed by atoms with Crippen LogP contribution >= 0.6 is 11.6 Å². The highest BCUT2D eigenvalue weighted by Gasteiger charge is 2.20. The number of fused-ring (bicyclic) bond motifs is 1. The van der Waals surface area contributed by atoms with E-state index in [2.05, 4.69) is 10.1 Å². The summed E-state index contributed by atoms with van der Waals surface area (Å²) >= 11 is 6.03. The third-order valence-corrected chi connectivity index (χ3v) is 4.40. The van der Waals surface area contributed by atoms with E-state index in [4.69, 9.17) is 11.6 Å². The molecule has 0 bridgehead atoms. The van der Waals surface area contributed by atoms with Crippen molar-refractivity contribution in [3.63, 3.8) is 0 Å². The first-order valence-corrected chi connectivity index (χ1v) is 8.07. The molecule has 2 aromatic heterocycles. The lowest BCUT2D eigenvalue weighted by Crippen LogP contribution is -2.18. The van der Waals surface area contributed by atoms with Crippen LogP contribution in [0.25, 0.3) is 5.65 Å². The minimum atomic E-state index is -0.531. The fourth-order valence-electron chi connectivity index (χ4n) is 2.80. The first-order valence-electron chi connectivity index (χ1n) is 7.69. The lowest BCUT2D eigenvalue weighted by molar-refractivity contribution is 0.402. The van der Waals surface area contributed by atoms with Crippen LogP contribution in [0.4, 0.5) is 4.39 Å². The number of halogens is 2. The Kier molecular flexibility index (Phi) is 4.53. The first-order chi connectivity index (χ1) is 11.8. The minimum absolute atomic E-state index is 0.0124. The van der Waals surface area contributed by atoms with Crippen LogP contribution in [0.3, 0.4) is 0 Å². The Morgan fingerprint density at radius 1 is 1.32 bits per heavy atom. The number of benzene rings is 1. The van der Waals surface area contributed by atoms with Crippen LogP contribution < -0.4 is 5.56 Å². The summed E-state index contributed by atoms with van der Waals surface area (Å²) in [7, 11) is 3.80. The van der Waals surface area contributed by atoms with Gasteiger partial charge in [0.2, 0.25) is 5.88 Å². The number of hydrogen-bond acceptors (Lipinski definition) is 4. The molecule has 0 fully saturated rings. The topological polar surface area (TPSA) is 73.6 Å². The van der Waals surface area contributed by atoms with Gasteiger partial charge in [-0.1, -0.05) is 17.7 Å². The largest absolute Gasteiger partial charge is 0.493 e. The van der Waals surface area contributed by atoms with Crippen LogP contribution in [0, 0.1) is 12.7 Å². The molecule has 0 spiro atoms. The van der Waals surface area contributed by atoms with Gasteiger partial charge in [-0.15, -0.1) is 0 Å². The zero-order chi connectivity index (χ0) is 18.3. The molecule has 0 aliphatic rings. The molecule has 0 amide bonds. The number of aromatic amines is 1. The van der Waals surface area contributed by atoms with Crippen molar-refractivity contribution < 1.29 is 9.50 Å². The van der Waals surface area contributed by atoms with Gasteiger partial charge < -0.3 is 15.0 Å². The molecule has 3 rings (SSSR count). The summed E-state index contributed by atoms with van der Waals surface area (Å²) in [5, 5.41) is 15.0. The molecule has 0 saturated heterocycles. The van der Waals surface area contributed by atoms with E-state index in [1.165, 1.54) is 22.7 Å². The molecule has 0 aliphatic heterocycles. The second-order valence-electron chi connectivity index (χ2n) is 6.20. The van der Waals surface area contributed by atoms with Crippen LogP contribution in [0.5, 0.6) is 5.88 Å². The van der Waals surface area contributed by atoms with Crippen molar-refractivity contribution in [2.75, 3.05) is 14.1 Å². The molecule has 0 saturated carbocycles. The number of rotatable bonds is 4. The smallest absolute Gasteiger partial charge is 0.258 e. The van der Waals surface area contributed by atoms with Gasteiger partial charge in [0.1, 0.15) is 11.5 Å². The number of aryl methyl sites for hydroxylation is 1. The highest BCUT2D eigenvalue weighted by atomic mass is 35.5. The van der Waals surface area contributed by atoms with Crippen LogP contribution in [0.1, 0.15) is 22.4 Å². The Hall–Kier alpha value is -2.38. The van der Waals surface area contributed by atoms with Crippen molar-refractivity contribution in [3.8, 4) is 5.88 Å². The number of nitrogens with zero attached hydrogens (tertiary/aromatic N) is 3. The quantitative estimate of drug-likeness (QED) is 0.746. The monoisotopic (exact) mass is 364 g/mol. The van der Waals surface area contributed by atoms with Gasteiger partial charge in [-0.05, 0) is 33.2 Å². The maximum Gasteiger partial charge on any atom is 0.258 e. The van der Waals surface area contributed by atoms with Crippen molar-refractivity contribution in [2.45, 2.75) is 19.9 Å². The molecule has 2 N–H and O–H groups in total. The van der Waals surface area contributed by atoms with E-state index in [1.54, 1.807) is 6.92 Å². The molecule has 2 heterocycles. The molecule has 0 unspecified atom stereocenters. The number of aromatic hydroxyl groups is 1. The number of nitrogens with one attached hydrogen (secondary N) is 1. The van der Waals surface area contributed by atoms with E-state index in [-0.39, 0.29) is 28.5 Å². The maximum atomic E-state index is 14.0. The highest BCUT2D eigenvalue weighted by Crippen LogP contribution is 2.26. The molecule has 25 heavy (non-hydrogen) atoms. The summed E-state index contributed by atoms with van der Waals surface area (Å²) in [5.41, 5.74) is 1.61. The summed E-state index contributed by atoms with van der Waals surface area (Å²) in [4.78, 5) is 17.2. The Morgan fingerprint density at radius 2 is 2.04 bits per heavy atom. The predicted molar refractivity (Wildman–Crippen MR) is 93.8 cm³/mol. The molecule has 0 aliphatic carbocycles. The maximum absolute atomic E-state index is 14.0. The zero-order valence-corrected chi connectivity index (χ0v) is 14.9. The number of hydrogen-bond donors (Lipinski definition) is 2. The standard InChI is InChI=1S/C17H18ClFN4O2/c1-9-12(8-22(2)3)15-20-16(24)11(17(25)23(15)21-9)7-10-13(18)5-4-6-14(10)19/h4-6,25H,7-8H2,1-3H3,(H,20,24). The number of aromatic nitrogens is 3. The number of H-pyrrole nitrogens is 1. The Morgan fingerprint density at radius 3 is 2.68 bits per heavy atom. The van der Waals surface area contributed by atoms with Crippen molar-refractivity contribution >= 4 is 17.2 Å². The predicted octanol–water partition coefficient (Wildman–Crippen LogP) is 2.48. The van der Waals surface area contributed by atoms with E-state index in [1.807, 2.05) is 19.0 Å². The zero-order valence-electron chi connectivity index (χ0n) is 14.1. The fraction of sp³-hybridized carbons (Fsp3) is 0.294. The molecule has 8 heteroatoms. The molecule has 1 aromatic carbocycles. The molecular formula is C17H18ClFN4O2. The summed E-state index contributed by atoms with van der Waals surface area (Å²) in [5.74, 6) is -0.845. The lowest BCUT2D eigenvalue weighted by Gasteiger charge is -2.10.